The van der Waals surface area contributed by atoms with Gasteiger partial charge in [0.15, 0.2) is 0 Å². The summed E-state index contributed by atoms with van der Waals surface area (Å²) >= 11 is 0. The molecule has 3 rings (SSSR count). The first-order chi connectivity index (χ1) is 13.5. The van der Waals surface area contributed by atoms with E-state index in [0.717, 1.165) is 5.52 Å². The quantitative estimate of drug-likeness (QED) is 0.503. The molecule has 0 bridgehead atoms. The second-order valence-electron chi connectivity index (χ2n) is 6.19. The third kappa shape index (κ3) is 4.58. The van der Waals surface area contributed by atoms with Gasteiger partial charge in [0, 0.05) is 11.6 Å². The first kappa shape index (κ1) is 21.2. The van der Waals surface area contributed by atoms with E-state index < -0.39 is 37.6 Å². The lowest BCUT2D eigenvalue weighted by molar-refractivity contribution is -0.404. The van der Waals surface area contributed by atoms with Crippen LogP contribution < -0.4 is 0 Å². The summed E-state index contributed by atoms with van der Waals surface area (Å²) in [6, 6.07) is 7.31. The van der Waals surface area contributed by atoms with Crippen LogP contribution in [0.5, 0.6) is 5.75 Å². The normalized spacial score (nSPS) is 10.2. The highest BCUT2D eigenvalue weighted by atomic mass is 16.6. The zero-order valence-corrected chi connectivity index (χ0v) is 15.6. The van der Waals surface area contributed by atoms with Crippen LogP contribution in [0, 0.1) is 51.1 Å². The van der Waals surface area contributed by atoms with Crippen molar-refractivity contribution in [2.24, 2.45) is 0 Å². The van der Waals surface area contributed by atoms with Crippen molar-refractivity contribution >= 4 is 28.0 Å². The van der Waals surface area contributed by atoms with E-state index in [4.69, 9.17) is 5.11 Å². The molecule has 0 unspecified atom stereocenters. The van der Waals surface area contributed by atoms with Crippen molar-refractivity contribution in [1.82, 2.24) is 4.98 Å². The topological polar surface area (TPSA) is 163 Å². The Balaban J connectivity index is 0.000000211. The predicted molar refractivity (Wildman–Crippen MR) is 104 cm³/mol. The lowest BCUT2D eigenvalue weighted by Crippen LogP contribution is -1.97. The van der Waals surface area contributed by atoms with Crippen molar-refractivity contribution in [2.45, 2.75) is 20.8 Å². The average molecular weight is 400 g/mol. The van der Waals surface area contributed by atoms with E-state index in [0.29, 0.717) is 12.1 Å². The highest BCUT2D eigenvalue weighted by Crippen LogP contribution is 2.38. The molecular formula is C18H16N4O7. The Labute approximate surface area is 163 Å². The number of hydrogen-bond donors (Lipinski definition) is 1. The Morgan fingerprint density at radius 1 is 0.793 bits per heavy atom. The summed E-state index contributed by atoms with van der Waals surface area (Å²) in [5.41, 5.74) is 2.04. The molecule has 0 amide bonds. The third-order valence-electron chi connectivity index (χ3n) is 4.23. The van der Waals surface area contributed by atoms with Crippen LogP contribution in [-0.4, -0.2) is 24.9 Å². The first-order valence-corrected chi connectivity index (χ1v) is 8.15. The third-order valence-corrected chi connectivity index (χ3v) is 4.23. The number of aromatic nitrogens is 1. The SMILES string of the molecule is Cc1cc2nccc(C)c2cc1C.O=[N+]([O-])c1cc([N+](=O)[O-])c(O)c([N+](=O)[O-])c1. The van der Waals surface area contributed by atoms with Gasteiger partial charge in [-0.05, 0) is 55.7 Å². The van der Waals surface area contributed by atoms with Gasteiger partial charge in [0.2, 0.25) is 0 Å². The molecule has 11 nitrogen and oxygen atoms in total. The maximum Gasteiger partial charge on any atom is 0.324 e. The number of non-ortho nitro benzene ring substituents is 1. The Bertz CT molecular complexity index is 1110. The molecule has 3 aromatic rings. The number of aromatic hydroxyl groups is 1. The van der Waals surface area contributed by atoms with E-state index in [1.54, 1.807) is 0 Å². The largest absolute Gasteiger partial charge is 0.497 e. The lowest BCUT2D eigenvalue weighted by Gasteiger charge is -2.04. The van der Waals surface area contributed by atoms with E-state index >= 15 is 0 Å². The van der Waals surface area contributed by atoms with Gasteiger partial charge in [0.25, 0.3) is 11.4 Å². The van der Waals surface area contributed by atoms with E-state index in [1.165, 1.54) is 22.1 Å². The van der Waals surface area contributed by atoms with Gasteiger partial charge < -0.3 is 5.11 Å². The number of hydrogen-bond acceptors (Lipinski definition) is 8. The van der Waals surface area contributed by atoms with Gasteiger partial charge in [-0.2, -0.15) is 0 Å². The van der Waals surface area contributed by atoms with Crippen LogP contribution in [0.25, 0.3) is 10.9 Å². The van der Waals surface area contributed by atoms with Crippen LogP contribution in [-0.2, 0) is 0 Å². The molecule has 150 valence electrons. The Morgan fingerprint density at radius 2 is 1.31 bits per heavy atom. The summed E-state index contributed by atoms with van der Waals surface area (Å²) in [4.78, 5) is 32.1. The molecule has 1 heterocycles. The summed E-state index contributed by atoms with van der Waals surface area (Å²) in [6.07, 6.45) is 1.87. The standard InChI is InChI=1S/C12H13N.C6H3N3O7/c1-8-4-5-13-12-7-10(3)9(2)6-11(8)12;10-6-4(8(13)14)1-3(7(11)12)2-5(6)9(15)16/h4-7H,1-3H3;1-2,10H. The molecule has 0 radical (unpaired) electrons. The van der Waals surface area contributed by atoms with Crippen LogP contribution in [0.1, 0.15) is 16.7 Å². The summed E-state index contributed by atoms with van der Waals surface area (Å²) in [5, 5.41) is 41.5. The summed E-state index contributed by atoms with van der Waals surface area (Å²) in [6.45, 7) is 6.39. The van der Waals surface area contributed by atoms with Gasteiger partial charge in [-0.15, -0.1) is 0 Å². The fourth-order valence-electron chi connectivity index (χ4n) is 2.52. The van der Waals surface area contributed by atoms with Crippen molar-refractivity contribution in [1.29, 1.82) is 0 Å². The van der Waals surface area contributed by atoms with Crippen molar-refractivity contribution in [3.63, 3.8) is 0 Å². The fourth-order valence-corrected chi connectivity index (χ4v) is 2.52. The number of benzene rings is 2. The van der Waals surface area contributed by atoms with Crippen LogP contribution in [0.15, 0.2) is 36.5 Å². The van der Waals surface area contributed by atoms with Crippen molar-refractivity contribution in [3.8, 4) is 5.75 Å². The number of nitro benzene ring substituents is 3. The van der Waals surface area contributed by atoms with Crippen molar-refractivity contribution < 1.29 is 19.9 Å². The average Bonchev–Trinajstić information content (AvgIpc) is 2.63. The predicted octanol–water partition coefficient (Wildman–Crippen LogP) is 4.28. The van der Waals surface area contributed by atoms with Crippen LogP contribution in [0.2, 0.25) is 0 Å². The van der Waals surface area contributed by atoms with Gasteiger partial charge in [-0.25, -0.2) is 0 Å². The van der Waals surface area contributed by atoms with Gasteiger partial charge in [-0.3, -0.25) is 35.3 Å². The number of phenols is 1. The molecule has 0 fully saturated rings. The van der Waals surface area contributed by atoms with Gasteiger partial charge in [0.1, 0.15) is 0 Å². The molecule has 0 aliphatic rings. The number of rotatable bonds is 3. The monoisotopic (exact) mass is 400 g/mol. The number of nitrogens with zero attached hydrogens (tertiary/aromatic N) is 4. The minimum Gasteiger partial charge on any atom is -0.497 e. The van der Waals surface area contributed by atoms with Gasteiger partial charge >= 0.3 is 11.4 Å². The highest BCUT2D eigenvalue weighted by molar-refractivity contribution is 5.83. The fraction of sp³-hybridized carbons (Fsp3) is 0.167. The number of nitro groups is 3. The number of pyridine rings is 1. The van der Waals surface area contributed by atoms with Gasteiger partial charge in [-0.1, -0.05) is 0 Å². The molecule has 0 spiro atoms. The minimum absolute atomic E-state index is 0.447. The van der Waals surface area contributed by atoms with Crippen molar-refractivity contribution in [3.05, 3.63) is 83.6 Å². The second-order valence-corrected chi connectivity index (χ2v) is 6.19. The molecule has 11 heteroatoms. The molecule has 0 aliphatic heterocycles. The molecular weight excluding hydrogens is 384 g/mol. The summed E-state index contributed by atoms with van der Waals surface area (Å²) in [7, 11) is 0. The van der Waals surface area contributed by atoms with Crippen LogP contribution >= 0.6 is 0 Å². The van der Waals surface area contributed by atoms with E-state index in [9.17, 15) is 30.3 Å². The summed E-state index contributed by atoms with van der Waals surface area (Å²) < 4.78 is 0. The zero-order chi connectivity index (χ0) is 21.9. The van der Waals surface area contributed by atoms with Crippen LogP contribution in [0.4, 0.5) is 17.1 Å². The molecule has 0 saturated carbocycles. The Hall–Kier alpha value is -4.15. The Kier molecular flexibility index (Phi) is 6.02. The smallest absolute Gasteiger partial charge is 0.324 e. The van der Waals surface area contributed by atoms with E-state index in [-0.39, 0.29) is 0 Å². The number of phenolic OH excluding ortho intramolecular Hbond substituents is 1. The lowest BCUT2D eigenvalue weighted by atomic mass is 10.0. The van der Waals surface area contributed by atoms with Crippen molar-refractivity contribution in [2.75, 3.05) is 0 Å². The maximum atomic E-state index is 10.4. The summed E-state index contributed by atoms with van der Waals surface area (Å²) in [5.74, 6) is -1.21. The zero-order valence-electron chi connectivity index (χ0n) is 15.6. The maximum absolute atomic E-state index is 10.4. The molecule has 0 atom stereocenters. The van der Waals surface area contributed by atoms with E-state index in [1.807, 2.05) is 6.20 Å². The molecule has 29 heavy (non-hydrogen) atoms. The second kappa shape index (κ2) is 8.25. The number of aryl methyl sites for hydroxylation is 3. The Morgan fingerprint density at radius 3 is 1.79 bits per heavy atom. The van der Waals surface area contributed by atoms with E-state index in [2.05, 4.69) is 44.0 Å². The van der Waals surface area contributed by atoms with Crippen LogP contribution in [0.3, 0.4) is 0 Å². The molecule has 1 aromatic heterocycles. The number of fused-ring (bicyclic) bond motifs is 1. The molecule has 0 saturated heterocycles. The molecule has 2 aromatic carbocycles. The minimum atomic E-state index is -1.21. The molecule has 1 N–H and O–H groups in total. The van der Waals surface area contributed by atoms with Gasteiger partial charge in [0.05, 0.1) is 32.4 Å². The highest BCUT2D eigenvalue weighted by Gasteiger charge is 2.30. The first-order valence-electron chi connectivity index (χ1n) is 8.15. The molecule has 0 aliphatic carbocycles.